The smallest absolute Gasteiger partial charge is 0.487 e. The minimum absolute atomic E-state index is 0.146. The quantitative estimate of drug-likeness (QED) is 0.570. The maximum atomic E-state index is 12.6. The SMILES string of the molecule is CC(C)CNC(=O)CC1CC2(CCN(Cc3ccoc3)CC2)Oc2ccccc21.O=C(O)C(F)(F)F. The number of fused-ring (bicyclic) bond motifs is 1. The number of alkyl halides is 3. The van der Waals surface area contributed by atoms with Crippen LogP contribution in [-0.4, -0.2) is 53.3 Å². The molecule has 0 bridgehead atoms. The number of carboxylic acids is 1. The highest BCUT2D eigenvalue weighted by atomic mass is 19.4. The van der Waals surface area contributed by atoms with Crippen LogP contribution in [-0.2, 0) is 16.1 Å². The van der Waals surface area contributed by atoms with Gasteiger partial charge in [-0.1, -0.05) is 32.0 Å². The molecule has 1 unspecified atom stereocenters. The number of halogens is 3. The summed E-state index contributed by atoms with van der Waals surface area (Å²) in [5.74, 6) is -0.969. The number of rotatable bonds is 6. The van der Waals surface area contributed by atoms with Gasteiger partial charge in [0.25, 0.3) is 0 Å². The second-order valence-electron chi connectivity index (χ2n) is 9.84. The van der Waals surface area contributed by atoms with Gasteiger partial charge in [-0.2, -0.15) is 13.2 Å². The molecule has 198 valence electrons. The van der Waals surface area contributed by atoms with Crippen LogP contribution in [0.4, 0.5) is 13.2 Å². The van der Waals surface area contributed by atoms with Crippen LogP contribution in [0.3, 0.4) is 0 Å². The molecule has 3 heterocycles. The third-order valence-electron chi connectivity index (χ3n) is 6.44. The van der Waals surface area contributed by atoms with Gasteiger partial charge in [0, 0.05) is 44.1 Å². The Balaban J connectivity index is 0.000000454. The topological polar surface area (TPSA) is 92.0 Å². The van der Waals surface area contributed by atoms with E-state index in [0.717, 1.165) is 51.2 Å². The number of benzene rings is 1. The predicted molar refractivity (Wildman–Crippen MR) is 127 cm³/mol. The van der Waals surface area contributed by atoms with E-state index >= 15 is 0 Å². The third kappa shape index (κ3) is 7.74. The van der Waals surface area contributed by atoms with Crippen molar-refractivity contribution in [3.63, 3.8) is 0 Å². The van der Waals surface area contributed by atoms with Crippen molar-refractivity contribution in [1.29, 1.82) is 0 Å². The molecule has 0 aliphatic carbocycles. The highest BCUT2D eigenvalue weighted by Gasteiger charge is 2.43. The molecular formula is C26H33F3N2O5. The average molecular weight is 511 g/mol. The summed E-state index contributed by atoms with van der Waals surface area (Å²) in [7, 11) is 0. The summed E-state index contributed by atoms with van der Waals surface area (Å²) in [5, 5.41) is 10.2. The highest BCUT2D eigenvalue weighted by Crippen LogP contribution is 2.46. The molecule has 2 aromatic rings. The first kappa shape index (κ1) is 27.6. The molecule has 2 N–H and O–H groups in total. The number of carboxylic acid groups (broad SMARTS) is 1. The van der Waals surface area contributed by atoms with E-state index in [1.54, 1.807) is 6.26 Å². The zero-order chi connectivity index (χ0) is 26.3. The van der Waals surface area contributed by atoms with Gasteiger partial charge in [0.2, 0.25) is 5.91 Å². The van der Waals surface area contributed by atoms with Crippen molar-refractivity contribution in [2.24, 2.45) is 5.92 Å². The monoisotopic (exact) mass is 510 g/mol. The summed E-state index contributed by atoms with van der Waals surface area (Å²) in [6.45, 7) is 7.90. The van der Waals surface area contributed by atoms with E-state index in [-0.39, 0.29) is 17.4 Å². The van der Waals surface area contributed by atoms with Gasteiger partial charge in [0.05, 0.1) is 12.5 Å². The first-order chi connectivity index (χ1) is 17.0. The Hall–Kier alpha value is -3.01. The number of nitrogens with zero attached hydrogens (tertiary/aromatic N) is 1. The summed E-state index contributed by atoms with van der Waals surface area (Å²) < 4.78 is 43.5. The van der Waals surface area contributed by atoms with Gasteiger partial charge in [0.15, 0.2) is 0 Å². The zero-order valence-electron chi connectivity index (χ0n) is 20.5. The van der Waals surface area contributed by atoms with Gasteiger partial charge < -0.3 is 19.6 Å². The van der Waals surface area contributed by atoms with E-state index in [4.69, 9.17) is 19.1 Å². The molecule has 4 rings (SSSR count). The van der Waals surface area contributed by atoms with E-state index in [0.29, 0.717) is 12.3 Å². The number of carbonyl (C=O) groups excluding carboxylic acids is 1. The summed E-state index contributed by atoms with van der Waals surface area (Å²) >= 11 is 0. The number of piperidine rings is 1. The molecular weight excluding hydrogens is 477 g/mol. The first-order valence-electron chi connectivity index (χ1n) is 12.1. The lowest BCUT2D eigenvalue weighted by molar-refractivity contribution is -0.192. The Morgan fingerprint density at radius 3 is 2.44 bits per heavy atom. The fraction of sp³-hybridized carbons (Fsp3) is 0.538. The predicted octanol–water partition coefficient (Wildman–Crippen LogP) is 4.98. The van der Waals surface area contributed by atoms with Crippen LogP contribution in [0.5, 0.6) is 5.75 Å². The van der Waals surface area contributed by atoms with Gasteiger partial charge in [0.1, 0.15) is 11.4 Å². The summed E-state index contributed by atoms with van der Waals surface area (Å²) in [6, 6.07) is 10.3. The molecule has 2 aliphatic heterocycles. The van der Waals surface area contributed by atoms with Crippen LogP contribution in [0, 0.1) is 5.92 Å². The molecule has 10 heteroatoms. The molecule has 1 aromatic carbocycles. The van der Waals surface area contributed by atoms with E-state index in [2.05, 4.69) is 36.2 Å². The van der Waals surface area contributed by atoms with Crippen molar-refractivity contribution in [3.05, 3.63) is 54.0 Å². The van der Waals surface area contributed by atoms with Crippen molar-refractivity contribution < 1.29 is 37.0 Å². The molecule has 1 fully saturated rings. The van der Waals surface area contributed by atoms with Crippen LogP contribution in [0.15, 0.2) is 47.3 Å². The Labute approximate surface area is 208 Å². The number of nitrogens with one attached hydrogen (secondary N) is 1. The van der Waals surface area contributed by atoms with Crippen molar-refractivity contribution in [2.45, 2.75) is 63.8 Å². The standard InChI is InChI=1S/C24H32N2O3.C2HF3O2/c1-18(2)15-25-23(27)13-20-14-24(29-22-6-4-3-5-21(20)22)8-10-26(11-9-24)16-19-7-12-28-17-19;3-2(4,5)1(6)7/h3-7,12,17-18,20H,8-11,13-16H2,1-2H3,(H,25,27);(H,6,7). The highest BCUT2D eigenvalue weighted by molar-refractivity contribution is 5.77. The number of furan rings is 1. The van der Waals surface area contributed by atoms with Crippen LogP contribution in [0.25, 0.3) is 0 Å². The minimum atomic E-state index is -5.08. The molecule has 1 amide bonds. The average Bonchev–Trinajstić information content (AvgIpc) is 3.32. The van der Waals surface area contributed by atoms with Crippen molar-refractivity contribution in [1.82, 2.24) is 10.2 Å². The van der Waals surface area contributed by atoms with Crippen molar-refractivity contribution >= 4 is 11.9 Å². The van der Waals surface area contributed by atoms with Gasteiger partial charge in [-0.05, 0) is 42.9 Å². The number of carbonyl (C=O) groups is 2. The van der Waals surface area contributed by atoms with E-state index in [1.165, 1.54) is 11.1 Å². The summed E-state index contributed by atoms with van der Waals surface area (Å²) in [5.41, 5.74) is 2.23. The molecule has 1 atom stereocenters. The van der Waals surface area contributed by atoms with Crippen LogP contribution >= 0.6 is 0 Å². The number of hydrogen-bond donors (Lipinski definition) is 2. The van der Waals surface area contributed by atoms with Crippen LogP contribution < -0.4 is 10.1 Å². The Bertz CT molecular complexity index is 999. The molecule has 36 heavy (non-hydrogen) atoms. The minimum Gasteiger partial charge on any atom is -0.487 e. The lowest BCUT2D eigenvalue weighted by atomic mass is 9.76. The molecule has 0 saturated carbocycles. The second-order valence-corrected chi connectivity index (χ2v) is 9.84. The van der Waals surface area contributed by atoms with Crippen molar-refractivity contribution in [3.8, 4) is 5.75 Å². The molecule has 7 nitrogen and oxygen atoms in total. The Morgan fingerprint density at radius 1 is 1.19 bits per heavy atom. The number of hydrogen-bond acceptors (Lipinski definition) is 5. The number of amides is 1. The van der Waals surface area contributed by atoms with Gasteiger partial charge in [-0.25, -0.2) is 4.79 Å². The fourth-order valence-electron chi connectivity index (χ4n) is 4.61. The maximum absolute atomic E-state index is 12.6. The fourth-order valence-corrected chi connectivity index (χ4v) is 4.61. The zero-order valence-corrected chi connectivity index (χ0v) is 20.5. The number of para-hydroxylation sites is 1. The van der Waals surface area contributed by atoms with Crippen LogP contribution in [0.2, 0.25) is 0 Å². The number of likely N-dealkylation sites (tertiary alicyclic amines) is 1. The molecule has 1 aromatic heterocycles. The summed E-state index contributed by atoms with van der Waals surface area (Å²) in [4.78, 5) is 23.9. The van der Waals surface area contributed by atoms with E-state index in [9.17, 15) is 18.0 Å². The molecule has 1 spiro atoms. The van der Waals surface area contributed by atoms with Gasteiger partial charge in [-0.15, -0.1) is 0 Å². The van der Waals surface area contributed by atoms with E-state index < -0.39 is 12.1 Å². The second kappa shape index (κ2) is 11.8. The maximum Gasteiger partial charge on any atom is 0.490 e. The Morgan fingerprint density at radius 2 is 1.86 bits per heavy atom. The molecule has 0 radical (unpaired) electrons. The van der Waals surface area contributed by atoms with Crippen LogP contribution in [0.1, 0.15) is 56.6 Å². The third-order valence-corrected chi connectivity index (χ3v) is 6.44. The number of aliphatic carboxylic acids is 1. The lowest BCUT2D eigenvalue weighted by Crippen LogP contribution is -2.50. The molecule has 2 aliphatic rings. The van der Waals surface area contributed by atoms with Gasteiger partial charge in [-0.3, -0.25) is 9.69 Å². The molecule has 1 saturated heterocycles. The number of ether oxygens (including phenoxy) is 1. The summed E-state index contributed by atoms with van der Waals surface area (Å²) in [6.07, 6.45) is 1.90. The Kier molecular flexibility index (Phi) is 9.05. The van der Waals surface area contributed by atoms with E-state index in [1.807, 2.05) is 24.5 Å². The van der Waals surface area contributed by atoms with Crippen molar-refractivity contribution in [2.75, 3.05) is 19.6 Å². The lowest BCUT2D eigenvalue weighted by Gasteiger charge is -2.47. The first-order valence-corrected chi connectivity index (χ1v) is 12.1. The normalized spacial score (nSPS) is 19.1. The van der Waals surface area contributed by atoms with Gasteiger partial charge >= 0.3 is 12.1 Å². The largest absolute Gasteiger partial charge is 0.490 e.